The van der Waals surface area contributed by atoms with E-state index in [0.717, 1.165) is 43.4 Å². The van der Waals surface area contributed by atoms with Gasteiger partial charge in [-0.3, -0.25) is 4.79 Å². The van der Waals surface area contributed by atoms with Crippen molar-refractivity contribution in [2.24, 2.45) is 0 Å². The Balaban J connectivity index is 1.64. The highest BCUT2D eigenvalue weighted by atomic mass is 16.2. The Morgan fingerprint density at radius 3 is 2.54 bits per heavy atom. The first-order valence-corrected chi connectivity index (χ1v) is 9.56. The fraction of sp³-hybridized carbons (Fsp3) is 0.348. The van der Waals surface area contributed by atoms with Crippen LogP contribution < -0.4 is 0 Å². The Labute approximate surface area is 155 Å². The highest BCUT2D eigenvalue weighted by Crippen LogP contribution is 2.24. The molecule has 1 aromatic heterocycles. The number of piperidine rings is 1. The third-order valence-electron chi connectivity index (χ3n) is 5.42. The number of likely N-dealkylation sites (tertiary alicyclic amines) is 1. The van der Waals surface area contributed by atoms with Gasteiger partial charge in [0.15, 0.2) is 0 Å². The molecule has 2 aromatic carbocycles. The Morgan fingerprint density at radius 2 is 1.77 bits per heavy atom. The van der Waals surface area contributed by atoms with Crippen LogP contribution >= 0.6 is 0 Å². The molecule has 1 aliphatic rings. The lowest BCUT2D eigenvalue weighted by molar-refractivity contribution is 0.0724. The summed E-state index contributed by atoms with van der Waals surface area (Å²) in [5.74, 6) is 0.177. The number of benzene rings is 2. The predicted octanol–water partition coefficient (Wildman–Crippen LogP) is 4.93. The van der Waals surface area contributed by atoms with E-state index in [1.54, 1.807) is 0 Å². The Kier molecular flexibility index (Phi) is 4.54. The smallest absolute Gasteiger partial charge is 0.253 e. The topological polar surface area (TPSA) is 25.2 Å². The molecule has 26 heavy (non-hydrogen) atoms. The molecular formula is C23H26N2O. The third-order valence-corrected chi connectivity index (χ3v) is 5.42. The molecule has 134 valence electrons. The summed E-state index contributed by atoms with van der Waals surface area (Å²) in [7, 11) is 0. The molecule has 0 bridgehead atoms. The Bertz CT molecular complexity index is 948. The molecule has 0 saturated carbocycles. The number of carbonyl (C=O) groups excluding carboxylic acids is 1. The van der Waals surface area contributed by atoms with Gasteiger partial charge < -0.3 is 9.47 Å². The van der Waals surface area contributed by atoms with E-state index in [-0.39, 0.29) is 5.91 Å². The summed E-state index contributed by atoms with van der Waals surface area (Å²) >= 11 is 0. The van der Waals surface area contributed by atoms with E-state index in [1.165, 1.54) is 28.8 Å². The molecular weight excluding hydrogens is 320 g/mol. The minimum Gasteiger partial charge on any atom is -0.340 e. The molecule has 0 aliphatic carbocycles. The SMILES string of the molecule is Cc1cccc(Cn2c(C)cc3cc(C(=O)N4CCCCC4)ccc32)c1. The lowest BCUT2D eigenvalue weighted by Gasteiger charge is -2.26. The largest absolute Gasteiger partial charge is 0.340 e. The van der Waals surface area contributed by atoms with Gasteiger partial charge in [-0.1, -0.05) is 29.8 Å². The maximum absolute atomic E-state index is 12.8. The highest BCUT2D eigenvalue weighted by Gasteiger charge is 2.19. The monoisotopic (exact) mass is 346 g/mol. The van der Waals surface area contributed by atoms with Gasteiger partial charge in [0.2, 0.25) is 0 Å². The van der Waals surface area contributed by atoms with Crippen LogP contribution in [-0.2, 0) is 6.54 Å². The third kappa shape index (κ3) is 3.26. The summed E-state index contributed by atoms with van der Waals surface area (Å²) in [5.41, 5.74) is 5.82. The highest BCUT2D eigenvalue weighted by molar-refractivity contribution is 5.98. The van der Waals surface area contributed by atoms with Gasteiger partial charge in [0, 0.05) is 41.8 Å². The average molecular weight is 346 g/mol. The second-order valence-electron chi connectivity index (χ2n) is 7.49. The zero-order valence-corrected chi connectivity index (χ0v) is 15.7. The number of hydrogen-bond acceptors (Lipinski definition) is 1. The van der Waals surface area contributed by atoms with Gasteiger partial charge in [-0.05, 0) is 62.9 Å². The summed E-state index contributed by atoms with van der Waals surface area (Å²) in [6.07, 6.45) is 3.49. The molecule has 0 spiro atoms. The van der Waals surface area contributed by atoms with Gasteiger partial charge in [0.25, 0.3) is 5.91 Å². The van der Waals surface area contributed by atoms with E-state index < -0.39 is 0 Å². The molecule has 3 heteroatoms. The second kappa shape index (κ2) is 6.99. The van der Waals surface area contributed by atoms with Gasteiger partial charge in [-0.15, -0.1) is 0 Å². The number of aromatic nitrogens is 1. The van der Waals surface area contributed by atoms with Crippen LogP contribution in [0.4, 0.5) is 0 Å². The van der Waals surface area contributed by atoms with Gasteiger partial charge in [-0.2, -0.15) is 0 Å². The van der Waals surface area contributed by atoms with E-state index in [9.17, 15) is 4.79 Å². The number of fused-ring (bicyclic) bond motifs is 1. The molecule has 4 rings (SSSR count). The molecule has 1 aliphatic heterocycles. The van der Waals surface area contributed by atoms with Crippen LogP contribution in [0.1, 0.15) is 46.4 Å². The van der Waals surface area contributed by atoms with Crippen molar-refractivity contribution in [1.82, 2.24) is 9.47 Å². The van der Waals surface area contributed by atoms with Crippen LogP contribution in [0.5, 0.6) is 0 Å². The van der Waals surface area contributed by atoms with Crippen molar-refractivity contribution < 1.29 is 4.79 Å². The fourth-order valence-electron chi connectivity index (χ4n) is 4.02. The van der Waals surface area contributed by atoms with Crippen LogP contribution in [0.15, 0.2) is 48.5 Å². The second-order valence-corrected chi connectivity index (χ2v) is 7.49. The molecule has 0 N–H and O–H groups in total. The van der Waals surface area contributed by atoms with Crippen LogP contribution in [0, 0.1) is 13.8 Å². The summed E-state index contributed by atoms with van der Waals surface area (Å²) in [5, 5.41) is 1.15. The zero-order valence-electron chi connectivity index (χ0n) is 15.7. The first-order chi connectivity index (χ1) is 12.6. The molecule has 3 nitrogen and oxygen atoms in total. The Morgan fingerprint density at radius 1 is 0.962 bits per heavy atom. The van der Waals surface area contributed by atoms with E-state index in [4.69, 9.17) is 0 Å². The number of nitrogens with zero attached hydrogens (tertiary/aromatic N) is 2. The minimum absolute atomic E-state index is 0.177. The van der Waals surface area contributed by atoms with Crippen LogP contribution in [0.25, 0.3) is 10.9 Å². The fourth-order valence-corrected chi connectivity index (χ4v) is 4.02. The van der Waals surface area contributed by atoms with Crippen molar-refractivity contribution in [1.29, 1.82) is 0 Å². The molecule has 3 aromatic rings. The summed E-state index contributed by atoms with van der Waals surface area (Å²) in [6.45, 7) is 6.91. The van der Waals surface area contributed by atoms with E-state index in [0.29, 0.717) is 0 Å². The van der Waals surface area contributed by atoms with Gasteiger partial charge in [0.1, 0.15) is 0 Å². The summed E-state index contributed by atoms with van der Waals surface area (Å²) < 4.78 is 2.33. The van der Waals surface area contributed by atoms with Crippen LogP contribution in [0.2, 0.25) is 0 Å². The van der Waals surface area contributed by atoms with E-state index >= 15 is 0 Å². The first-order valence-electron chi connectivity index (χ1n) is 9.56. The number of hydrogen-bond donors (Lipinski definition) is 0. The maximum Gasteiger partial charge on any atom is 0.253 e. The van der Waals surface area contributed by atoms with Gasteiger partial charge in [-0.25, -0.2) is 0 Å². The molecule has 2 heterocycles. The predicted molar refractivity (Wildman–Crippen MR) is 107 cm³/mol. The molecule has 1 amide bonds. The van der Waals surface area contributed by atoms with Crippen molar-refractivity contribution in [3.05, 3.63) is 70.9 Å². The number of aryl methyl sites for hydroxylation is 2. The van der Waals surface area contributed by atoms with Gasteiger partial charge in [0.05, 0.1) is 0 Å². The summed E-state index contributed by atoms with van der Waals surface area (Å²) in [4.78, 5) is 14.8. The first kappa shape index (κ1) is 16.9. The lowest BCUT2D eigenvalue weighted by Crippen LogP contribution is -2.35. The zero-order chi connectivity index (χ0) is 18.1. The van der Waals surface area contributed by atoms with Gasteiger partial charge >= 0.3 is 0 Å². The average Bonchev–Trinajstić information content (AvgIpc) is 2.96. The quantitative estimate of drug-likeness (QED) is 0.660. The van der Waals surface area contributed by atoms with Crippen molar-refractivity contribution in [3.63, 3.8) is 0 Å². The van der Waals surface area contributed by atoms with E-state index in [2.05, 4.69) is 60.9 Å². The van der Waals surface area contributed by atoms with E-state index in [1.807, 2.05) is 11.0 Å². The van der Waals surface area contributed by atoms with Crippen molar-refractivity contribution in [3.8, 4) is 0 Å². The number of amides is 1. The van der Waals surface area contributed by atoms with Crippen molar-refractivity contribution in [2.75, 3.05) is 13.1 Å². The minimum atomic E-state index is 0.177. The molecule has 1 saturated heterocycles. The molecule has 1 fully saturated rings. The summed E-state index contributed by atoms with van der Waals surface area (Å²) in [6, 6.07) is 17.0. The van der Waals surface area contributed by atoms with Crippen LogP contribution in [-0.4, -0.2) is 28.5 Å². The normalized spacial score (nSPS) is 14.8. The molecule has 0 radical (unpaired) electrons. The maximum atomic E-state index is 12.8. The lowest BCUT2D eigenvalue weighted by atomic mass is 10.1. The molecule has 0 unspecified atom stereocenters. The molecule has 0 atom stereocenters. The number of rotatable bonds is 3. The standard InChI is InChI=1S/C23H26N2O/c1-17-7-6-8-19(13-17)16-25-18(2)14-21-15-20(9-10-22(21)25)23(26)24-11-4-3-5-12-24/h6-10,13-15H,3-5,11-12,16H2,1-2H3. The Hall–Kier alpha value is -2.55. The van der Waals surface area contributed by atoms with Crippen molar-refractivity contribution >= 4 is 16.8 Å². The van der Waals surface area contributed by atoms with Crippen LogP contribution in [0.3, 0.4) is 0 Å². The number of carbonyl (C=O) groups is 1. The van der Waals surface area contributed by atoms with Crippen molar-refractivity contribution in [2.45, 2.75) is 39.7 Å².